The van der Waals surface area contributed by atoms with Crippen LogP contribution in [0.5, 0.6) is 0 Å². The summed E-state index contributed by atoms with van der Waals surface area (Å²) in [6.07, 6.45) is 2.15. The Labute approximate surface area is 176 Å². The van der Waals surface area contributed by atoms with Crippen LogP contribution < -0.4 is 22.1 Å². The molecule has 1 saturated heterocycles. The number of aromatic nitrogens is 3. The zero-order chi connectivity index (χ0) is 22.1. The molecule has 0 spiro atoms. The van der Waals surface area contributed by atoms with E-state index in [-0.39, 0.29) is 29.3 Å². The van der Waals surface area contributed by atoms with Crippen LogP contribution in [0.3, 0.4) is 0 Å². The van der Waals surface area contributed by atoms with E-state index < -0.39 is 17.5 Å². The van der Waals surface area contributed by atoms with Crippen molar-refractivity contribution in [2.45, 2.75) is 32.0 Å². The van der Waals surface area contributed by atoms with Crippen molar-refractivity contribution in [3.63, 3.8) is 0 Å². The van der Waals surface area contributed by atoms with Crippen molar-refractivity contribution < 1.29 is 18.3 Å². The third-order valence-corrected chi connectivity index (χ3v) is 5.24. The largest absolute Gasteiger partial charge is 0.380 e. The summed E-state index contributed by atoms with van der Waals surface area (Å²) < 4.78 is 35.9. The Morgan fingerprint density at radius 1 is 1.32 bits per heavy atom. The highest BCUT2D eigenvalue weighted by Crippen LogP contribution is 2.30. The molecule has 11 heteroatoms. The van der Waals surface area contributed by atoms with Crippen molar-refractivity contribution in [1.29, 1.82) is 0 Å². The zero-order valence-corrected chi connectivity index (χ0v) is 16.9. The molecule has 1 amide bonds. The van der Waals surface area contributed by atoms with Crippen LogP contribution in [0.15, 0.2) is 24.4 Å². The molecule has 164 valence electrons. The van der Waals surface area contributed by atoms with Crippen LogP contribution in [0.2, 0.25) is 0 Å². The second kappa shape index (κ2) is 8.44. The van der Waals surface area contributed by atoms with Gasteiger partial charge in [-0.15, -0.1) is 0 Å². The third-order valence-electron chi connectivity index (χ3n) is 5.24. The average Bonchev–Trinajstić information content (AvgIpc) is 3.14. The molecule has 1 fully saturated rings. The molecule has 0 bridgehead atoms. The van der Waals surface area contributed by atoms with Crippen molar-refractivity contribution in [3.8, 4) is 0 Å². The first-order chi connectivity index (χ1) is 14.9. The van der Waals surface area contributed by atoms with Crippen LogP contribution in [-0.4, -0.2) is 46.0 Å². The quantitative estimate of drug-likeness (QED) is 0.470. The monoisotopic (exact) mass is 431 g/mol. The Hall–Kier alpha value is -3.31. The van der Waals surface area contributed by atoms with Crippen molar-refractivity contribution in [2.75, 3.05) is 23.8 Å². The first-order valence-electron chi connectivity index (χ1n) is 9.89. The van der Waals surface area contributed by atoms with Gasteiger partial charge in [-0.1, -0.05) is 0 Å². The summed E-state index contributed by atoms with van der Waals surface area (Å²) in [5.41, 5.74) is 12.2. The maximum absolute atomic E-state index is 14.7. The number of hydrogen-bond donors (Lipinski definition) is 4. The van der Waals surface area contributed by atoms with Gasteiger partial charge in [0.15, 0.2) is 11.6 Å². The van der Waals surface area contributed by atoms with Gasteiger partial charge in [-0.3, -0.25) is 9.48 Å². The topological polar surface area (TPSA) is 133 Å². The summed E-state index contributed by atoms with van der Waals surface area (Å²) in [5, 5.41) is 10.8. The summed E-state index contributed by atoms with van der Waals surface area (Å²) >= 11 is 0. The summed E-state index contributed by atoms with van der Waals surface area (Å²) in [4.78, 5) is 16.2. The van der Waals surface area contributed by atoms with E-state index in [1.807, 2.05) is 6.92 Å². The standard InChI is InChI=1S/C20H23F2N7O2/c1-2-29-17-6-10(21)5-16(12(17)8-25-29)27-19-11(18(24)30)7-13(22)20(28-19)26-15-3-4-31-9-14(15)23/h5-8,14-15H,2-4,9,23H2,1H3,(H2,24,30)(H2,26,27,28)/t14-,15+/m0/s1. The number of primary amides is 1. The Morgan fingerprint density at radius 2 is 2.13 bits per heavy atom. The van der Waals surface area contributed by atoms with E-state index in [9.17, 15) is 13.6 Å². The van der Waals surface area contributed by atoms with Crippen molar-refractivity contribution >= 4 is 34.1 Å². The van der Waals surface area contributed by atoms with E-state index in [1.165, 1.54) is 12.1 Å². The van der Waals surface area contributed by atoms with E-state index in [1.54, 1.807) is 10.9 Å². The second-order valence-electron chi connectivity index (χ2n) is 7.33. The molecule has 0 aliphatic carbocycles. The van der Waals surface area contributed by atoms with Gasteiger partial charge >= 0.3 is 0 Å². The van der Waals surface area contributed by atoms with Crippen LogP contribution in [0.1, 0.15) is 23.7 Å². The summed E-state index contributed by atoms with van der Waals surface area (Å²) in [6.45, 7) is 3.26. The first kappa shape index (κ1) is 20.9. The number of halogens is 2. The number of benzene rings is 1. The lowest BCUT2D eigenvalue weighted by Gasteiger charge is -2.30. The smallest absolute Gasteiger partial charge is 0.252 e. The molecule has 0 radical (unpaired) electrons. The maximum atomic E-state index is 14.7. The van der Waals surface area contributed by atoms with Crippen molar-refractivity contribution in [2.24, 2.45) is 11.5 Å². The SMILES string of the molecule is CCn1ncc2c(Nc3nc(N[C@@H]4CCOC[C@@H]4N)c(F)cc3C(N)=O)cc(F)cc21. The minimum Gasteiger partial charge on any atom is -0.380 e. The van der Waals surface area contributed by atoms with E-state index in [0.717, 1.165) is 6.07 Å². The van der Waals surface area contributed by atoms with Crippen LogP contribution in [0, 0.1) is 11.6 Å². The lowest BCUT2D eigenvalue weighted by atomic mass is 10.0. The number of rotatable bonds is 6. The predicted molar refractivity (Wildman–Crippen MR) is 112 cm³/mol. The van der Waals surface area contributed by atoms with Gasteiger partial charge < -0.3 is 26.8 Å². The molecule has 31 heavy (non-hydrogen) atoms. The van der Waals surface area contributed by atoms with Crippen LogP contribution >= 0.6 is 0 Å². The van der Waals surface area contributed by atoms with E-state index in [2.05, 4.69) is 20.7 Å². The first-order valence-corrected chi connectivity index (χ1v) is 9.89. The number of amides is 1. The minimum atomic E-state index is -0.875. The normalized spacial score (nSPS) is 18.8. The van der Waals surface area contributed by atoms with Gasteiger partial charge in [0.25, 0.3) is 5.91 Å². The van der Waals surface area contributed by atoms with Gasteiger partial charge in [0.2, 0.25) is 0 Å². The van der Waals surface area contributed by atoms with Crippen LogP contribution in [-0.2, 0) is 11.3 Å². The number of anilines is 3. The zero-order valence-electron chi connectivity index (χ0n) is 16.9. The van der Waals surface area contributed by atoms with Crippen molar-refractivity contribution in [3.05, 3.63) is 41.6 Å². The number of fused-ring (bicyclic) bond motifs is 1. The molecule has 2 atom stereocenters. The number of aryl methyl sites for hydroxylation is 1. The van der Waals surface area contributed by atoms with Crippen LogP contribution in [0.25, 0.3) is 10.9 Å². The molecule has 1 aliphatic heterocycles. The van der Waals surface area contributed by atoms with Gasteiger partial charge in [-0.2, -0.15) is 5.10 Å². The highest BCUT2D eigenvalue weighted by Gasteiger charge is 2.25. The Kier molecular flexibility index (Phi) is 5.70. The molecule has 1 aliphatic rings. The molecule has 2 aromatic heterocycles. The summed E-state index contributed by atoms with van der Waals surface area (Å²) in [7, 11) is 0. The molecule has 4 rings (SSSR count). The fraction of sp³-hybridized carbons (Fsp3) is 0.350. The number of pyridine rings is 1. The van der Waals surface area contributed by atoms with Crippen LogP contribution in [0.4, 0.5) is 26.1 Å². The number of nitrogens with two attached hydrogens (primary N) is 2. The molecular formula is C20H23F2N7O2. The number of hydrogen-bond acceptors (Lipinski definition) is 7. The molecule has 1 aromatic carbocycles. The predicted octanol–water partition coefficient (Wildman–Crippen LogP) is 2.10. The minimum absolute atomic E-state index is 0.00632. The molecule has 0 unspecified atom stereocenters. The molecule has 3 aromatic rings. The Morgan fingerprint density at radius 3 is 2.84 bits per heavy atom. The number of nitrogens with one attached hydrogen (secondary N) is 2. The maximum Gasteiger partial charge on any atom is 0.252 e. The highest BCUT2D eigenvalue weighted by atomic mass is 19.1. The van der Waals surface area contributed by atoms with Gasteiger partial charge in [0.05, 0.1) is 29.6 Å². The lowest BCUT2D eigenvalue weighted by Crippen LogP contribution is -2.47. The van der Waals surface area contributed by atoms with Crippen molar-refractivity contribution in [1.82, 2.24) is 14.8 Å². The number of ether oxygens (including phenoxy) is 1. The van der Waals surface area contributed by atoms with Gasteiger partial charge in [0.1, 0.15) is 11.6 Å². The molecule has 6 N–H and O–H groups in total. The highest BCUT2D eigenvalue weighted by molar-refractivity contribution is 6.00. The fourth-order valence-corrected chi connectivity index (χ4v) is 3.61. The van der Waals surface area contributed by atoms with Gasteiger partial charge in [0, 0.05) is 30.6 Å². The summed E-state index contributed by atoms with van der Waals surface area (Å²) in [6, 6.07) is 3.01. The van der Waals surface area contributed by atoms with E-state index >= 15 is 0 Å². The molecular weight excluding hydrogens is 408 g/mol. The third kappa shape index (κ3) is 4.14. The summed E-state index contributed by atoms with van der Waals surface area (Å²) in [5.74, 6) is -2.22. The molecule has 0 saturated carbocycles. The Balaban J connectivity index is 1.74. The Bertz CT molecular complexity index is 1130. The van der Waals surface area contributed by atoms with E-state index in [0.29, 0.717) is 42.8 Å². The number of nitrogens with zero attached hydrogens (tertiary/aromatic N) is 3. The van der Waals surface area contributed by atoms with Gasteiger partial charge in [-0.25, -0.2) is 13.8 Å². The fourth-order valence-electron chi connectivity index (χ4n) is 3.61. The number of carbonyl (C=O) groups excluding carboxylic acids is 1. The molecule has 3 heterocycles. The number of carbonyl (C=O) groups is 1. The lowest BCUT2D eigenvalue weighted by molar-refractivity contribution is 0.0751. The van der Waals surface area contributed by atoms with Gasteiger partial charge in [-0.05, 0) is 31.5 Å². The van der Waals surface area contributed by atoms with E-state index in [4.69, 9.17) is 16.2 Å². The molecule has 9 nitrogen and oxygen atoms in total. The second-order valence-corrected chi connectivity index (χ2v) is 7.33. The average molecular weight is 431 g/mol.